The molecule has 1 atom stereocenters. The maximum atomic E-state index is 11.8. The summed E-state index contributed by atoms with van der Waals surface area (Å²) < 4.78 is 41.7. The van der Waals surface area contributed by atoms with Crippen molar-refractivity contribution in [2.24, 2.45) is 0 Å². The second kappa shape index (κ2) is 11.6. The Morgan fingerprint density at radius 3 is 2.62 bits per heavy atom. The van der Waals surface area contributed by atoms with Crippen molar-refractivity contribution >= 4 is 16.1 Å². The first-order valence-electron chi connectivity index (χ1n) is 8.53. The quantitative estimate of drug-likeness (QED) is 0.258. The molecule has 0 aromatic rings. The maximum absolute atomic E-state index is 11.8. The zero-order valence-electron chi connectivity index (χ0n) is 14.4. The van der Waals surface area contributed by atoms with E-state index in [1.54, 1.807) is 6.08 Å². The van der Waals surface area contributed by atoms with Crippen LogP contribution < -0.4 is 0 Å². The van der Waals surface area contributed by atoms with Crippen LogP contribution in [0.3, 0.4) is 0 Å². The molecule has 1 rings (SSSR count). The molecule has 0 saturated carbocycles. The topological polar surface area (TPSA) is 93.1 Å². The molecule has 0 amide bonds. The van der Waals surface area contributed by atoms with Crippen LogP contribution in [-0.2, 0) is 24.4 Å². The Labute approximate surface area is 144 Å². The minimum atomic E-state index is -4.21. The minimum absolute atomic E-state index is 0.263. The Bertz CT molecular complexity index is 485. The predicted molar refractivity (Wildman–Crippen MR) is 91.5 cm³/mol. The lowest BCUT2D eigenvalue weighted by atomic mass is 10.1. The van der Waals surface area contributed by atoms with Gasteiger partial charge < -0.3 is 9.47 Å². The standard InChI is InChI=1S/C16H29NO6S/c1-2-3-4-5-6-7-8-16(18)23-15(14-24(19,20)21)13-17-9-11-22-12-10-17/h7-8,15H,2-6,9-14H2,1H3,(H,19,20,21)/b8-7+. The smallest absolute Gasteiger partial charge is 0.330 e. The fourth-order valence-corrected chi connectivity index (χ4v) is 3.15. The number of hydrogen-bond acceptors (Lipinski definition) is 6. The number of morpholine rings is 1. The molecule has 1 saturated heterocycles. The molecule has 1 unspecified atom stereocenters. The van der Waals surface area contributed by atoms with Gasteiger partial charge in [0, 0.05) is 25.7 Å². The van der Waals surface area contributed by atoms with Crippen LogP contribution in [0.4, 0.5) is 0 Å². The number of carbonyl (C=O) groups is 1. The number of carbonyl (C=O) groups excluding carboxylic acids is 1. The molecule has 0 aliphatic carbocycles. The van der Waals surface area contributed by atoms with E-state index in [1.807, 2.05) is 4.90 Å². The van der Waals surface area contributed by atoms with Crippen molar-refractivity contribution in [2.75, 3.05) is 38.6 Å². The third-order valence-electron chi connectivity index (χ3n) is 3.72. The average molecular weight is 363 g/mol. The summed E-state index contributed by atoms with van der Waals surface area (Å²) in [6.07, 6.45) is 7.45. The van der Waals surface area contributed by atoms with Crippen LogP contribution in [0.5, 0.6) is 0 Å². The van der Waals surface area contributed by atoms with Gasteiger partial charge in [-0.2, -0.15) is 8.42 Å². The first-order chi connectivity index (χ1) is 11.4. The molecular weight excluding hydrogens is 334 g/mol. The number of unbranched alkanes of at least 4 members (excludes halogenated alkanes) is 4. The van der Waals surface area contributed by atoms with Gasteiger partial charge in [-0.15, -0.1) is 0 Å². The van der Waals surface area contributed by atoms with Crippen LogP contribution in [0.2, 0.25) is 0 Å². The second-order valence-corrected chi connectivity index (χ2v) is 7.47. The molecule has 24 heavy (non-hydrogen) atoms. The number of esters is 1. The van der Waals surface area contributed by atoms with E-state index in [9.17, 15) is 13.2 Å². The summed E-state index contributed by atoms with van der Waals surface area (Å²) in [6, 6.07) is 0. The first-order valence-corrected chi connectivity index (χ1v) is 10.1. The molecule has 0 aromatic heterocycles. The van der Waals surface area contributed by atoms with Crippen LogP contribution in [0.25, 0.3) is 0 Å². The largest absolute Gasteiger partial charge is 0.457 e. The van der Waals surface area contributed by atoms with Gasteiger partial charge in [0.25, 0.3) is 10.1 Å². The molecule has 1 fully saturated rings. The first kappa shape index (κ1) is 21.1. The number of allylic oxidation sites excluding steroid dienone is 1. The highest BCUT2D eigenvalue weighted by molar-refractivity contribution is 7.85. The molecule has 1 heterocycles. The van der Waals surface area contributed by atoms with Crippen LogP contribution in [0.15, 0.2) is 12.2 Å². The fraction of sp³-hybridized carbons (Fsp3) is 0.812. The van der Waals surface area contributed by atoms with E-state index >= 15 is 0 Å². The summed E-state index contributed by atoms with van der Waals surface area (Å²) in [5.74, 6) is -1.17. The van der Waals surface area contributed by atoms with Crippen LogP contribution >= 0.6 is 0 Å². The summed E-state index contributed by atoms with van der Waals surface area (Å²) >= 11 is 0. The lowest BCUT2D eigenvalue weighted by Crippen LogP contribution is -2.44. The second-order valence-electron chi connectivity index (χ2n) is 5.97. The van der Waals surface area contributed by atoms with E-state index in [0.29, 0.717) is 26.3 Å². The molecule has 0 aromatic carbocycles. The summed E-state index contributed by atoms with van der Waals surface area (Å²) in [7, 11) is -4.21. The van der Waals surface area contributed by atoms with E-state index < -0.39 is 27.9 Å². The summed E-state index contributed by atoms with van der Waals surface area (Å²) in [4.78, 5) is 13.8. The lowest BCUT2D eigenvalue weighted by molar-refractivity contribution is -0.143. The van der Waals surface area contributed by atoms with E-state index in [-0.39, 0.29) is 6.54 Å². The number of hydrogen-bond donors (Lipinski definition) is 1. The zero-order chi connectivity index (χ0) is 17.8. The van der Waals surface area contributed by atoms with Crippen LogP contribution in [0.1, 0.15) is 39.0 Å². The molecule has 1 aliphatic heterocycles. The van der Waals surface area contributed by atoms with Gasteiger partial charge >= 0.3 is 5.97 Å². The molecular formula is C16H29NO6S. The SMILES string of the molecule is CCCCCC/C=C/C(=O)OC(CN1CCOCC1)CS(=O)(=O)O. The van der Waals surface area contributed by atoms with Gasteiger partial charge in [0.05, 0.1) is 13.2 Å². The van der Waals surface area contributed by atoms with Crippen molar-refractivity contribution < 1.29 is 27.2 Å². The maximum Gasteiger partial charge on any atom is 0.330 e. The zero-order valence-corrected chi connectivity index (χ0v) is 15.2. The fourth-order valence-electron chi connectivity index (χ4n) is 2.50. The van der Waals surface area contributed by atoms with Gasteiger partial charge in [0.15, 0.2) is 0 Å². The molecule has 7 nitrogen and oxygen atoms in total. The third-order valence-corrected chi connectivity index (χ3v) is 4.52. The van der Waals surface area contributed by atoms with Gasteiger partial charge in [0.2, 0.25) is 0 Å². The molecule has 0 spiro atoms. The number of nitrogens with zero attached hydrogens (tertiary/aromatic N) is 1. The van der Waals surface area contributed by atoms with Crippen molar-refractivity contribution in [1.29, 1.82) is 0 Å². The van der Waals surface area contributed by atoms with Crippen molar-refractivity contribution in [2.45, 2.75) is 45.1 Å². The van der Waals surface area contributed by atoms with Gasteiger partial charge in [-0.1, -0.05) is 32.3 Å². The molecule has 140 valence electrons. The van der Waals surface area contributed by atoms with Crippen molar-refractivity contribution in [3.8, 4) is 0 Å². The summed E-state index contributed by atoms with van der Waals surface area (Å²) in [5.41, 5.74) is 0. The highest BCUT2D eigenvalue weighted by atomic mass is 32.2. The highest BCUT2D eigenvalue weighted by Gasteiger charge is 2.24. The van der Waals surface area contributed by atoms with Crippen molar-refractivity contribution in [3.05, 3.63) is 12.2 Å². The third kappa shape index (κ3) is 10.7. The molecule has 1 N–H and O–H groups in total. The van der Waals surface area contributed by atoms with E-state index in [4.69, 9.17) is 14.0 Å². The van der Waals surface area contributed by atoms with Gasteiger partial charge in [-0.05, 0) is 12.8 Å². The molecule has 0 bridgehead atoms. The van der Waals surface area contributed by atoms with Crippen LogP contribution in [-0.4, -0.2) is 68.5 Å². The highest BCUT2D eigenvalue weighted by Crippen LogP contribution is 2.06. The Kier molecular flexibility index (Phi) is 10.2. The average Bonchev–Trinajstić information content (AvgIpc) is 2.50. The van der Waals surface area contributed by atoms with Crippen molar-refractivity contribution in [1.82, 2.24) is 4.90 Å². The van der Waals surface area contributed by atoms with Gasteiger partial charge in [-0.3, -0.25) is 9.45 Å². The summed E-state index contributed by atoms with van der Waals surface area (Å²) in [6.45, 7) is 4.81. The Morgan fingerprint density at radius 1 is 1.29 bits per heavy atom. The molecule has 1 aliphatic rings. The molecule has 8 heteroatoms. The van der Waals surface area contributed by atoms with E-state index in [2.05, 4.69) is 6.92 Å². The van der Waals surface area contributed by atoms with Crippen molar-refractivity contribution in [3.63, 3.8) is 0 Å². The predicted octanol–water partition coefficient (Wildman–Crippen LogP) is 1.64. The van der Waals surface area contributed by atoms with E-state index in [1.165, 1.54) is 12.5 Å². The normalized spacial score (nSPS) is 17.9. The monoisotopic (exact) mass is 363 g/mol. The number of ether oxygens (including phenoxy) is 2. The van der Waals surface area contributed by atoms with Gasteiger partial charge in [0.1, 0.15) is 11.9 Å². The lowest BCUT2D eigenvalue weighted by Gasteiger charge is -2.29. The number of rotatable bonds is 11. The van der Waals surface area contributed by atoms with Crippen LogP contribution in [0, 0.1) is 0 Å². The Balaban J connectivity index is 2.44. The van der Waals surface area contributed by atoms with Gasteiger partial charge in [-0.25, -0.2) is 4.79 Å². The minimum Gasteiger partial charge on any atom is -0.457 e. The molecule has 0 radical (unpaired) electrons. The van der Waals surface area contributed by atoms with E-state index in [0.717, 1.165) is 25.7 Å². The summed E-state index contributed by atoms with van der Waals surface area (Å²) in [5, 5.41) is 0. The Morgan fingerprint density at radius 2 is 2.00 bits per heavy atom. The Hall–Kier alpha value is -0.960.